The Balaban J connectivity index is 0.00000341. The van der Waals surface area contributed by atoms with Crippen LogP contribution in [-0.4, -0.2) is 79.8 Å². The van der Waals surface area contributed by atoms with Gasteiger partial charge in [0.2, 0.25) is 0 Å². The van der Waals surface area contributed by atoms with Crippen molar-refractivity contribution in [3.8, 4) is 0 Å². The third-order valence-electron chi connectivity index (χ3n) is 6.25. The summed E-state index contributed by atoms with van der Waals surface area (Å²) in [5.41, 5.74) is 1.40. The van der Waals surface area contributed by atoms with E-state index in [-0.39, 0.29) is 24.0 Å². The Kier molecular flexibility index (Phi) is 11.6. The van der Waals surface area contributed by atoms with Crippen molar-refractivity contribution < 1.29 is 4.74 Å². The smallest absolute Gasteiger partial charge is 0.191 e. The Labute approximate surface area is 206 Å². The minimum atomic E-state index is 0. The molecule has 3 rings (SSSR count). The van der Waals surface area contributed by atoms with Gasteiger partial charge in [-0.3, -0.25) is 14.8 Å². The van der Waals surface area contributed by atoms with E-state index < -0.39 is 0 Å². The molecule has 0 aromatic heterocycles. The number of halogens is 1. The fraction of sp³-hybridized carbons (Fsp3) is 0.708. The third kappa shape index (κ3) is 8.86. The predicted octanol–water partition coefficient (Wildman–Crippen LogP) is 3.32. The topological polar surface area (TPSA) is 52.1 Å². The van der Waals surface area contributed by atoms with Gasteiger partial charge in [0.1, 0.15) is 0 Å². The molecule has 2 aliphatic rings. The number of morpholine rings is 1. The monoisotopic (exact) mass is 543 g/mol. The van der Waals surface area contributed by atoms with E-state index in [0.717, 1.165) is 64.5 Å². The summed E-state index contributed by atoms with van der Waals surface area (Å²) in [7, 11) is 1.87. The summed E-state index contributed by atoms with van der Waals surface area (Å²) in [6.07, 6.45) is 4.10. The second-order valence-corrected chi connectivity index (χ2v) is 9.04. The van der Waals surface area contributed by atoms with Crippen molar-refractivity contribution in [1.29, 1.82) is 0 Å². The third-order valence-corrected chi connectivity index (χ3v) is 6.25. The standard InChI is InChI=1S/C24H41N5O.HI/c1-19-15-23(11-14-29(19)18-22-9-6-5-7-10-22)27-24(25-4)26-12-8-13-28-16-20(2)30-21(3)17-28;/h5-7,9-10,19-21,23H,8,11-18H2,1-4H3,(H2,25,26,27);1H. The number of rotatable bonds is 7. The maximum absolute atomic E-state index is 5.82. The zero-order valence-electron chi connectivity index (χ0n) is 19.7. The van der Waals surface area contributed by atoms with Gasteiger partial charge in [0.25, 0.3) is 0 Å². The number of guanidine groups is 1. The molecule has 6 nitrogen and oxygen atoms in total. The van der Waals surface area contributed by atoms with E-state index in [1.165, 1.54) is 5.56 Å². The lowest BCUT2D eigenvalue weighted by atomic mass is 9.97. The van der Waals surface area contributed by atoms with Gasteiger partial charge in [0.05, 0.1) is 12.2 Å². The van der Waals surface area contributed by atoms with Crippen molar-refractivity contribution in [2.24, 2.45) is 4.99 Å². The van der Waals surface area contributed by atoms with Crippen molar-refractivity contribution in [3.63, 3.8) is 0 Å². The fourth-order valence-electron chi connectivity index (χ4n) is 4.77. The fourth-order valence-corrected chi connectivity index (χ4v) is 4.77. The highest BCUT2D eigenvalue weighted by atomic mass is 127. The van der Waals surface area contributed by atoms with Crippen LogP contribution in [0.15, 0.2) is 35.3 Å². The largest absolute Gasteiger partial charge is 0.373 e. The van der Waals surface area contributed by atoms with Gasteiger partial charge in [-0.2, -0.15) is 0 Å². The molecule has 2 N–H and O–H groups in total. The first-order chi connectivity index (χ1) is 14.5. The van der Waals surface area contributed by atoms with Crippen LogP contribution in [0, 0.1) is 0 Å². The van der Waals surface area contributed by atoms with Crippen LogP contribution in [0.25, 0.3) is 0 Å². The van der Waals surface area contributed by atoms with Crippen molar-refractivity contribution in [2.45, 2.75) is 70.9 Å². The number of likely N-dealkylation sites (tertiary alicyclic amines) is 1. The second-order valence-electron chi connectivity index (χ2n) is 9.04. The summed E-state index contributed by atoms with van der Waals surface area (Å²) in [6, 6.07) is 11.8. The van der Waals surface area contributed by atoms with E-state index >= 15 is 0 Å². The SMILES string of the molecule is CN=C(NCCCN1CC(C)OC(C)C1)NC1CCN(Cc2ccccc2)C(C)C1.I. The van der Waals surface area contributed by atoms with E-state index in [9.17, 15) is 0 Å². The quantitative estimate of drug-likeness (QED) is 0.239. The van der Waals surface area contributed by atoms with Crippen LogP contribution >= 0.6 is 24.0 Å². The first-order valence-corrected chi connectivity index (χ1v) is 11.7. The molecule has 2 aliphatic heterocycles. The van der Waals surface area contributed by atoms with Crippen molar-refractivity contribution >= 4 is 29.9 Å². The molecule has 2 saturated heterocycles. The summed E-state index contributed by atoms with van der Waals surface area (Å²) in [5, 5.41) is 7.16. The molecule has 31 heavy (non-hydrogen) atoms. The highest BCUT2D eigenvalue weighted by Gasteiger charge is 2.26. The summed E-state index contributed by atoms with van der Waals surface area (Å²) in [6.45, 7) is 13.0. The maximum Gasteiger partial charge on any atom is 0.191 e. The van der Waals surface area contributed by atoms with Crippen molar-refractivity contribution in [1.82, 2.24) is 20.4 Å². The van der Waals surface area contributed by atoms with Crippen LogP contribution in [0.5, 0.6) is 0 Å². The minimum absolute atomic E-state index is 0. The van der Waals surface area contributed by atoms with E-state index in [0.29, 0.717) is 24.3 Å². The predicted molar refractivity (Wildman–Crippen MR) is 140 cm³/mol. The van der Waals surface area contributed by atoms with Crippen LogP contribution in [0.4, 0.5) is 0 Å². The van der Waals surface area contributed by atoms with E-state index in [1.54, 1.807) is 0 Å². The molecule has 0 saturated carbocycles. The van der Waals surface area contributed by atoms with Gasteiger partial charge < -0.3 is 15.4 Å². The molecular weight excluding hydrogens is 501 g/mol. The number of aliphatic imine (C=N–C) groups is 1. The number of hydrogen-bond acceptors (Lipinski definition) is 4. The van der Waals surface area contributed by atoms with E-state index in [1.807, 2.05) is 7.05 Å². The summed E-state index contributed by atoms with van der Waals surface area (Å²) >= 11 is 0. The average molecular weight is 544 g/mol. The van der Waals surface area contributed by atoms with Gasteiger partial charge in [0.15, 0.2) is 5.96 Å². The molecule has 2 fully saturated rings. The van der Waals surface area contributed by atoms with Gasteiger partial charge in [0, 0.05) is 58.4 Å². The van der Waals surface area contributed by atoms with Gasteiger partial charge in [-0.05, 0) is 45.6 Å². The molecule has 7 heteroatoms. The molecule has 0 radical (unpaired) electrons. The molecule has 4 atom stereocenters. The van der Waals surface area contributed by atoms with Gasteiger partial charge in [-0.15, -0.1) is 24.0 Å². The molecule has 0 amide bonds. The summed E-state index contributed by atoms with van der Waals surface area (Å²) < 4.78 is 5.82. The summed E-state index contributed by atoms with van der Waals surface area (Å²) in [5.74, 6) is 0.937. The van der Waals surface area contributed by atoms with Crippen LogP contribution in [0.2, 0.25) is 0 Å². The first kappa shape index (κ1) is 26.4. The zero-order valence-corrected chi connectivity index (χ0v) is 22.0. The Morgan fingerprint density at radius 3 is 2.48 bits per heavy atom. The Morgan fingerprint density at radius 2 is 1.84 bits per heavy atom. The number of benzene rings is 1. The van der Waals surface area contributed by atoms with Gasteiger partial charge in [-0.25, -0.2) is 0 Å². The van der Waals surface area contributed by atoms with Gasteiger partial charge >= 0.3 is 0 Å². The molecule has 0 aliphatic carbocycles. The lowest BCUT2D eigenvalue weighted by molar-refractivity contribution is -0.0679. The van der Waals surface area contributed by atoms with Crippen LogP contribution < -0.4 is 10.6 Å². The second kappa shape index (κ2) is 13.6. The average Bonchev–Trinajstić information content (AvgIpc) is 2.72. The molecule has 0 spiro atoms. The molecule has 1 aromatic rings. The molecule has 1 aromatic carbocycles. The maximum atomic E-state index is 5.82. The highest BCUT2D eigenvalue weighted by Crippen LogP contribution is 2.20. The number of nitrogens with one attached hydrogen (secondary N) is 2. The van der Waals surface area contributed by atoms with Crippen LogP contribution in [-0.2, 0) is 11.3 Å². The normalized spacial score (nSPS) is 28.1. The number of nitrogens with zero attached hydrogens (tertiary/aromatic N) is 3. The number of piperidine rings is 1. The van der Waals surface area contributed by atoms with Crippen LogP contribution in [0.3, 0.4) is 0 Å². The molecular formula is C24H42IN5O. The number of hydrogen-bond donors (Lipinski definition) is 2. The molecule has 4 unspecified atom stereocenters. The lowest BCUT2D eigenvalue weighted by Gasteiger charge is -2.38. The number of ether oxygens (including phenoxy) is 1. The van der Waals surface area contributed by atoms with E-state index in [4.69, 9.17) is 4.74 Å². The Hall–Kier alpha value is -0.900. The molecule has 176 valence electrons. The van der Waals surface area contributed by atoms with Crippen molar-refractivity contribution in [3.05, 3.63) is 35.9 Å². The zero-order chi connectivity index (χ0) is 21.3. The Morgan fingerprint density at radius 1 is 1.13 bits per heavy atom. The van der Waals surface area contributed by atoms with Crippen LogP contribution in [0.1, 0.15) is 45.6 Å². The molecule has 0 bridgehead atoms. The summed E-state index contributed by atoms with van der Waals surface area (Å²) in [4.78, 5) is 9.56. The highest BCUT2D eigenvalue weighted by molar-refractivity contribution is 14.0. The van der Waals surface area contributed by atoms with E-state index in [2.05, 4.69) is 76.5 Å². The van der Waals surface area contributed by atoms with Crippen molar-refractivity contribution in [2.75, 3.05) is 39.8 Å². The molecule has 2 heterocycles. The Bertz CT molecular complexity index is 649. The lowest BCUT2D eigenvalue weighted by Crippen LogP contribution is -2.51. The minimum Gasteiger partial charge on any atom is -0.373 e. The first-order valence-electron chi connectivity index (χ1n) is 11.7. The van der Waals surface area contributed by atoms with Gasteiger partial charge in [-0.1, -0.05) is 30.3 Å².